The van der Waals surface area contributed by atoms with E-state index in [-0.39, 0.29) is 17.2 Å². The highest BCUT2D eigenvalue weighted by molar-refractivity contribution is 6.01. The Morgan fingerprint density at radius 1 is 1.37 bits per heavy atom. The fourth-order valence-electron chi connectivity index (χ4n) is 1.39. The number of nitrogens with zero attached hydrogens (tertiary/aromatic N) is 4. The summed E-state index contributed by atoms with van der Waals surface area (Å²) in [5.41, 5.74) is 5.88. The molecule has 0 saturated carbocycles. The summed E-state index contributed by atoms with van der Waals surface area (Å²) in [7, 11) is 1.25. The van der Waals surface area contributed by atoms with Gasteiger partial charge >= 0.3 is 12.0 Å². The van der Waals surface area contributed by atoms with Crippen molar-refractivity contribution in [3.8, 4) is 0 Å². The van der Waals surface area contributed by atoms with Crippen LogP contribution in [0.4, 0.5) is 16.4 Å². The zero-order chi connectivity index (χ0) is 13.8. The predicted molar refractivity (Wildman–Crippen MR) is 64.4 cm³/mol. The van der Waals surface area contributed by atoms with Crippen LogP contribution in [0.5, 0.6) is 0 Å². The van der Waals surface area contributed by atoms with Crippen LogP contribution in [0.25, 0.3) is 0 Å². The summed E-state index contributed by atoms with van der Waals surface area (Å²) in [6, 6.07) is 5.69. The standard InChI is InChI=1S/C10H10N6O3/c1-19-8(17)6-4-2-3-5-7(6)12-10(18)16-9(11)13-14-15-16/h2-5H,1H3,(H,12,18)(H2,11,13,15). The van der Waals surface area contributed by atoms with Gasteiger partial charge in [-0.25, -0.2) is 9.59 Å². The summed E-state index contributed by atoms with van der Waals surface area (Å²) in [4.78, 5) is 23.4. The zero-order valence-electron chi connectivity index (χ0n) is 9.90. The van der Waals surface area contributed by atoms with Gasteiger partial charge in [0.05, 0.1) is 18.4 Å². The summed E-state index contributed by atoms with van der Waals surface area (Å²) < 4.78 is 5.38. The van der Waals surface area contributed by atoms with Crippen molar-refractivity contribution < 1.29 is 14.3 Å². The minimum atomic E-state index is -0.682. The molecule has 0 aliphatic rings. The summed E-state index contributed by atoms with van der Waals surface area (Å²) in [5.74, 6) is -0.728. The molecule has 98 valence electrons. The quantitative estimate of drug-likeness (QED) is 0.581. The summed E-state index contributed by atoms with van der Waals surface area (Å²) in [6.45, 7) is 0. The molecule has 9 nitrogen and oxygen atoms in total. The number of tetrazole rings is 1. The third-order valence-electron chi connectivity index (χ3n) is 2.26. The van der Waals surface area contributed by atoms with Gasteiger partial charge in [0.15, 0.2) is 0 Å². The van der Waals surface area contributed by atoms with Gasteiger partial charge in [0, 0.05) is 0 Å². The number of methoxy groups -OCH3 is 1. The average molecular weight is 262 g/mol. The average Bonchev–Trinajstić information content (AvgIpc) is 2.85. The maximum Gasteiger partial charge on any atom is 0.351 e. The third-order valence-corrected chi connectivity index (χ3v) is 2.26. The van der Waals surface area contributed by atoms with Crippen LogP contribution in [-0.2, 0) is 4.74 Å². The Labute approximate surface area is 107 Å². The molecule has 1 heterocycles. The van der Waals surface area contributed by atoms with E-state index < -0.39 is 12.0 Å². The summed E-state index contributed by atoms with van der Waals surface area (Å²) in [6.07, 6.45) is 0. The highest BCUT2D eigenvalue weighted by Gasteiger charge is 2.16. The van der Waals surface area contributed by atoms with Gasteiger partial charge in [0.2, 0.25) is 5.95 Å². The number of nitrogen functional groups attached to an aromatic ring is 1. The van der Waals surface area contributed by atoms with E-state index in [4.69, 9.17) is 5.73 Å². The monoisotopic (exact) mass is 262 g/mol. The molecule has 0 fully saturated rings. The molecule has 19 heavy (non-hydrogen) atoms. The van der Waals surface area contributed by atoms with Crippen molar-refractivity contribution in [2.45, 2.75) is 0 Å². The SMILES string of the molecule is COC(=O)c1ccccc1NC(=O)n1nnnc1N. The number of hydrogen-bond acceptors (Lipinski definition) is 7. The molecule has 2 rings (SSSR count). The van der Waals surface area contributed by atoms with Crippen molar-refractivity contribution in [2.75, 3.05) is 18.2 Å². The molecule has 0 unspecified atom stereocenters. The Kier molecular flexibility index (Phi) is 3.37. The summed E-state index contributed by atoms with van der Waals surface area (Å²) in [5, 5.41) is 12.5. The maximum absolute atomic E-state index is 11.8. The van der Waals surface area contributed by atoms with Gasteiger partial charge in [-0.05, 0) is 22.6 Å². The minimum absolute atomic E-state index is 0.159. The number of hydrogen-bond donors (Lipinski definition) is 2. The number of carbonyl (C=O) groups is 2. The van der Waals surface area contributed by atoms with Crippen LogP contribution >= 0.6 is 0 Å². The van der Waals surface area contributed by atoms with Gasteiger partial charge in [-0.15, -0.1) is 4.68 Å². The van der Waals surface area contributed by atoms with Crippen LogP contribution in [0.2, 0.25) is 0 Å². The van der Waals surface area contributed by atoms with Gasteiger partial charge in [-0.3, -0.25) is 0 Å². The normalized spacial score (nSPS) is 9.95. The molecule has 0 aliphatic carbocycles. The van der Waals surface area contributed by atoms with E-state index in [0.29, 0.717) is 0 Å². The molecule has 1 aromatic heterocycles. The van der Waals surface area contributed by atoms with E-state index in [0.717, 1.165) is 4.68 Å². The number of para-hydroxylation sites is 1. The number of carbonyl (C=O) groups excluding carboxylic acids is 2. The number of ether oxygens (including phenoxy) is 1. The van der Waals surface area contributed by atoms with Crippen LogP contribution in [-0.4, -0.2) is 39.3 Å². The van der Waals surface area contributed by atoms with E-state index in [2.05, 4.69) is 25.6 Å². The number of aromatic nitrogens is 4. The van der Waals surface area contributed by atoms with Gasteiger partial charge < -0.3 is 15.8 Å². The second-order valence-corrected chi connectivity index (χ2v) is 3.42. The van der Waals surface area contributed by atoms with E-state index >= 15 is 0 Å². The molecule has 0 spiro atoms. The second-order valence-electron chi connectivity index (χ2n) is 3.42. The Hall–Kier alpha value is -2.97. The van der Waals surface area contributed by atoms with E-state index in [9.17, 15) is 9.59 Å². The highest BCUT2D eigenvalue weighted by atomic mass is 16.5. The van der Waals surface area contributed by atoms with Crippen LogP contribution in [0, 0.1) is 0 Å². The number of rotatable bonds is 2. The Balaban J connectivity index is 2.27. The summed E-state index contributed by atoms with van der Waals surface area (Å²) >= 11 is 0. The lowest BCUT2D eigenvalue weighted by Gasteiger charge is -2.08. The van der Waals surface area contributed by atoms with E-state index in [1.165, 1.54) is 13.2 Å². The second kappa shape index (κ2) is 5.12. The number of nitrogens with one attached hydrogen (secondary N) is 1. The Bertz CT molecular complexity index is 623. The lowest BCUT2D eigenvalue weighted by Crippen LogP contribution is -2.23. The molecular formula is C10H10N6O3. The number of esters is 1. The van der Waals surface area contributed by atoms with Crippen LogP contribution in [0.1, 0.15) is 10.4 Å². The van der Waals surface area contributed by atoms with Gasteiger partial charge in [0.1, 0.15) is 0 Å². The van der Waals surface area contributed by atoms with Crippen molar-refractivity contribution in [3.63, 3.8) is 0 Å². The van der Waals surface area contributed by atoms with Gasteiger partial charge in [-0.1, -0.05) is 17.2 Å². The van der Waals surface area contributed by atoms with Crippen molar-refractivity contribution in [1.29, 1.82) is 0 Å². The predicted octanol–water partition coefficient (Wildman–Crippen LogP) is 0.122. The Morgan fingerprint density at radius 3 is 2.74 bits per heavy atom. The van der Waals surface area contributed by atoms with Crippen molar-refractivity contribution in [1.82, 2.24) is 20.2 Å². The molecule has 1 amide bonds. The van der Waals surface area contributed by atoms with Crippen molar-refractivity contribution in [2.24, 2.45) is 0 Å². The molecule has 3 N–H and O–H groups in total. The fourth-order valence-corrected chi connectivity index (χ4v) is 1.39. The molecule has 9 heteroatoms. The first-order valence-corrected chi connectivity index (χ1v) is 5.16. The van der Waals surface area contributed by atoms with Crippen LogP contribution in [0.3, 0.4) is 0 Å². The first-order valence-electron chi connectivity index (χ1n) is 5.16. The zero-order valence-corrected chi connectivity index (χ0v) is 9.90. The maximum atomic E-state index is 11.8. The number of benzene rings is 1. The molecular weight excluding hydrogens is 252 g/mol. The van der Waals surface area contributed by atoms with Crippen LogP contribution in [0.15, 0.2) is 24.3 Å². The number of amides is 1. The first-order chi connectivity index (χ1) is 9.13. The van der Waals surface area contributed by atoms with Crippen molar-refractivity contribution >= 4 is 23.6 Å². The molecule has 0 saturated heterocycles. The fraction of sp³-hybridized carbons (Fsp3) is 0.100. The lowest BCUT2D eigenvalue weighted by atomic mass is 10.2. The molecule has 0 atom stereocenters. The highest BCUT2D eigenvalue weighted by Crippen LogP contribution is 2.16. The van der Waals surface area contributed by atoms with E-state index in [1.807, 2.05) is 0 Å². The minimum Gasteiger partial charge on any atom is -0.465 e. The lowest BCUT2D eigenvalue weighted by molar-refractivity contribution is 0.0602. The number of anilines is 2. The van der Waals surface area contributed by atoms with Crippen LogP contribution < -0.4 is 11.1 Å². The third kappa shape index (κ3) is 2.49. The molecule has 0 aliphatic heterocycles. The first kappa shape index (κ1) is 12.5. The smallest absolute Gasteiger partial charge is 0.351 e. The number of nitrogens with two attached hydrogens (primary N) is 1. The Morgan fingerprint density at radius 2 is 2.11 bits per heavy atom. The molecule has 0 bridgehead atoms. The molecule has 1 aromatic carbocycles. The van der Waals surface area contributed by atoms with Gasteiger partial charge in [-0.2, -0.15) is 0 Å². The van der Waals surface area contributed by atoms with E-state index in [1.54, 1.807) is 18.2 Å². The van der Waals surface area contributed by atoms with Crippen molar-refractivity contribution in [3.05, 3.63) is 29.8 Å². The topological polar surface area (TPSA) is 125 Å². The largest absolute Gasteiger partial charge is 0.465 e. The molecule has 0 radical (unpaired) electrons. The molecule has 2 aromatic rings. The van der Waals surface area contributed by atoms with Gasteiger partial charge in [0.25, 0.3) is 0 Å².